The monoisotopic (exact) mass is 957 g/mol. The van der Waals surface area contributed by atoms with E-state index in [0.29, 0.717) is 72.9 Å². The van der Waals surface area contributed by atoms with E-state index in [4.69, 9.17) is 28.9 Å². The van der Waals surface area contributed by atoms with Crippen LogP contribution in [0.4, 0.5) is 18.4 Å². The van der Waals surface area contributed by atoms with Crippen LogP contribution in [0.15, 0.2) is 24.3 Å². The quantitative estimate of drug-likeness (QED) is 0.0772. The Morgan fingerprint density at radius 1 is 0.667 bits per heavy atom. The molecule has 2 aromatic carbocycles. The summed E-state index contributed by atoms with van der Waals surface area (Å²) in [4.78, 5) is 39.9. The molecule has 2 saturated heterocycles. The summed E-state index contributed by atoms with van der Waals surface area (Å²) in [6.07, 6.45) is -1.07. The maximum absolute atomic E-state index is 16.2. The number of likely N-dealkylation sites (tertiary alicyclic amines) is 2. The molecule has 2 aliphatic heterocycles. The lowest BCUT2D eigenvalue weighted by molar-refractivity contribution is 0.0196. The highest BCUT2D eigenvalue weighted by Gasteiger charge is 2.38. The molecule has 2 fully saturated rings. The van der Waals surface area contributed by atoms with Gasteiger partial charge in [0, 0.05) is 65.7 Å². The molecule has 66 heavy (non-hydrogen) atoms. The molecule has 4 aromatic rings. The minimum absolute atomic E-state index is 0.0134. The molecular weight excluding hydrogens is 883 g/mol. The van der Waals surface area contributed by atoms with Crippen LogP contribution in [0, 0.1) is 11.6 Å². The van der Waals surface area contributed by atoms with Gasteiger partial charge in [0.1, 0.15) is 47.9 Å². The number of carbonyl (C=O) groups is 2. The number of hydrogen-bond donors (Lipinski definition) is 2. The van der Waals surface area contributed by atoms with Gasteiger partial charge in [0.2, 0.25) is 0 Å². The van der Waals surface area contributed by atoms with Crippen LogP contribution in [-0.2, 0) is 32.4 Å². The van der Waals surface area contributed by atoms with Crippen molar-refractivity contribution >= 4 is 50.4 Å². The number of halogens is 2. The Hall–Kier alpha value is -3.95. The number of benzene rings is 2. The van der Waals surface area contributed by atoms with Gasteiger partial charge in [-0.2, -0.15) is 0 Å². The Morgan fingerprint density at radius 3 is 1.36 bits per heavy atom. The van der Waals surface area contributed by atoms with E-state index in [-0.39, 0.29) is 37.4 Å². The lowest BCUT2D eigenvalue weighted by atomic mass is 9.98. The Labute approximate surface area is 391 Å². The lowest BCUT2D eigenvalue weighted by Crippen LogP contribution is -2.37. The molecule has 0 saturated carbocycles. The predicted octanol–water partition coefficient (Wildman–Crippen LogP) is 11.0. The largest absolute Gasteiger partial charge is 0.444 e. The van der Waals surface area contributed by atoms with E-state index < -0.39 is 75.5 Å². The number of aromatic nitrogens is 4. The number of ether oxygens (including phenoxy) is 4. The second kappa shape index (κ2) is 20.3. The number of amides is 2. The van der Waals surface area contributed by atoms with Crippen molar-refractivity contribution in [3.8, 4) is 0 Å². The Kier molecular flexibility index (Phi) is 15.9. The van der Waals surface area contributed by atoms with Crippen molar-refractivity contribution in [1.82, 2.24) is 28.9 Å². The third kappa shape index (κ3) is 13.0. The molecule has 2 aromatic heterocycles. The topological polar surface area (TPSA) is 154 Å². The Bertz CT molecular complexity index is 2190. The summed E-state index contributed by atoms with van der Waals surface area (Å²) in [7, 11) is -2.80. The molecule has 0 aliphatic carbocycles. The smallest absolute Gasteiger partial charge is 0.410 e. The first kappa shape index (κ1) is 51.4. The van der Waals surface area contributed by atoms with Gasteiger partial charge in [-0.05, 0) is 104 Å². The van der Waals surface area contributed by atoms with Gasteiger partial charge in [-0.15, -0.1) is 0 Å². The molecular formula is C48H74F2N6O8Si2. The van der Waals surface area contributed by atoms with Gasteiger partial charge in [0.25, 0.3) is 0 Å². The molecule has 4 heterocycles. The molecule has 366 valence electrons. The number of nitrogens with zero attached hydrogens (tertiary/aromatic N) is 6. The summed E-state index contributed by atoms with van der Waals surface area (Å²) in [5, 5.41) is 22.9. The van der Waals surface area contributed by atoms with Crippen LogP contribution in [0.1, 0.15) is 127 Å². The van der Waals surface area contributed by atoms with E-state index in [1.165, 1.54) is 24.3 Å². The fourth-order valence-electron chi connectivity index (χ4n) is 8.50. The Morgan fingerprint density at radius 2 is 1.03 bits per heavy atom. The first-order valence-electron chi connectivity index (χ1n) is 23.6. The maximum atomic E-state index is 16.2. The van der Waals surface area contributed by atoms with Gasteiger partial charge in [-0.1, -0.05) is 39.3 Å². The van der Waals surface area contributed by atoms with Crippen LogP contribution < -0.4 is 0 Å². The third-order valence-electron chi connectivity index (χ3n) is 12.0. The average molecular weight is 957 g/mol. The highest BCUT2D eigenvalue weighted by molar-refractivity contribution is 6.76. The fraction of sp³-hybridized carbons (Fsp3) is 0.667. The van der Waals surface area contributed by atoms with E-state index in [1.54, 1.807) is 9.80 Å². The van der Waals surface area contributed by atoms with E-state index in [0.717, 1.165) is 24.9 Å². The second-order valence-electron chi connectivity index (χ2n) is 22.5. The number of imidazole rings is 2. The molecule has 2 amide bonds. The van der Waals surface area contributed by atoms with Crippen LogP contribution in [0.5, 0.6) is 0 Å². The summed E-state index contributed by atoms with van der Waals surface area (Å²) in [5.41, 5.74) is 0.356. The molecule has 0 bridgehead atoms. The lowest BCUT2D eigenvalue weighted by Gasteiger charge is -2.28. The first-order valence-corrected chi connectivity index (χ1v) is 31.0. The van der Waals surface area contributed by atoms with Gasteiger partial charge in [-0.3, -0.25) is 9.80 Å². The summed E-state index contributed by atoms with van der Waals surface area (Å²) in [5.74, 6) is -0.245. The zero-order chi connectivity index (χ0) is 48.5. The van der Waals surface area contributed by atoms with Gasteiger partial charge >= 0.3 is 12.2 Å². The van der Waals surface area contributed by atoms with Crippen LogP contribution in [0.25, 0.3) is 22.1 Å². The van der Waals surface area contributed by atoms with Crippen molar-refractivity contribution in [2.75, 3.05) is 26.3 Å². The molecule has 0 spiro atoms. The average Bonchev–Trinajstić information content (AvgIpc) is 4.00. The minimum atomic E-state index is -1.40. The number of hydrogen-bond acceptors (Lipinski definition) is 10. The van der Waals surface area contributed by atoms with Gasteiger partial charge in [-0.25, -0.2) is 28.3 Å². The van der Waals surface area contributed by atoms with Crippen molar-refractivity contribution < 1.29 is 47.5 Å². The number of aliphatic hydroxyl groups excluding tert-OH is 2. The summed E-state index contributed by atoms with van der Waals surface area (Å²) in [6.45, 7) is 26.7. The fourth-order valence-corrected chi connectivity index (χ4v) is 10.0. The second-order valence-corrected chi connectivity index (χ2v) is 33.7. The van der Waals surface area contributed by atoms with E-state index in [1.807, 2.05) is 50.7 Å². The van der Waals surface area contributed by atoms with Crippen LogP contribution in [0.3, 0.4) is 0 Å². The standard InChI is InChI=1S/C48H74F2N6O8Si2/c1-47(2,3)63-45(59)53-19-13-15-37(53)43-51-35-25-31(33(49)27-39(35)55(43)29-61-21-23-65(7,8)9)41(57)17-18-42(58)32-26-36-40(28-34(32)50)56(30-62-22-24-66(10,11)12)44(52-36)38-16-14-20-54(38)46(60)64-48(4,5)6/h25-28,37-38,41-42,57-58H,13-24,29-30H2,1-12H3/t37-,38?,41-,42-/m0/s1. The van der Waals surface area contributed by atoms with E-state index in [9.17, 15) is 19.8 Å². The van der Waals surface area contributed by atoms with Crippen molar-refractivity contribution in [3.63, 3.8) is 0 Å². The highest BCUT2D eigenvalue weighted by Crippen LogP contribution is 2.39. The first-order chi connectivity index (χ1) is 30.7. The zero-order valence-electron chi connectivity index (χ0n) is 41.3. The van der Waals surface area contributed by atoms with Crippen LogP contribution >= 0.6 is 0 Å². The normalized spacial score (nSPS) is 18.5. The van der Waals surface area contributed by atoms with Crippen LogP contribution in [0.2, 0.25) is 51.4 Å². The molecule has 4 atom stereocenters. The summed E-state index contributed by atoms with van der Waals surface area (Å²) < 4.78 is 59.7. The van der Waals surface area contributed by atoms with E-state index in [2.05, 4.69) is 39.3 Å². The molecule has 2 N–H and O–H groups in total. The maximum Gasteiger partial charge on any atom is 0.410 e. The molecule has 14 nitrogen and oxygen atoms in total. The number of rotatable bonds is 17. The van der Waals surface area contributed by atoms with Crippen molar-refractivity contribution in [3.05, 3.63) is 58.7 Å². The van der Waals surface area contributed by atoms with Crippen molar-refractivity contribution in [2.24, 2.45) is 0 Å². The van der Waals surface area contributed by atoms with Gasteiger partial charge in [0.05, 0.1) is 46.4 Å². The van der Waals surface area contributed by atoms with Gasteiger partial charge < -0.3 is 38.3 Å². The zero-order valence-corrected chi connectivity index (χ0v) is 43.3. The molecule has 1 unspecified atom stereocenters. The summed E-state index contributed by atoms with van der Waals surface area (Å²) >= 11 is 0. The molecule has 6 rings (SSSR count). The van der Waals surface area contributed by atoms with Crippen molar-refractivity contribution in [2.45, 2.75) is 180 Å². The highest BCUT2D eigenvalue weighted by atomic mass is 28.3. The number of fused-ring (bicyclic) bond motifs is 2. The number of carbonyl (C=O) groups excluding carboxylic acids is 2. The molecule has 0 radical (unpaired) electrons. The number of aliphatic hydroxyl groups is 2. The summed E-state index contributed by atoms with van der Waals surface area (Å²) in [6, 6.07) is 6.69. The van der Waals surface area contributed by atoms with Crippen LogP contribution in [-0.4, -0.2) is 105 Å². The van der Waals surface area contributed by atoms with E-state index >= 15 is 8.78 Å². The third-order valence-corrected chi connectivity index (χ3v) is 15.4. The van der Waals surface area contributed by atoms with Crippen molar-refractivity contribution in [1.29, 1.82) is 0 Å². The SMILES string of the molecule is CC(C)(C)OC(=O)N1CCCC1c1nc2cc([C@@H](O)CC[C@H](O)c3cc4nc([C@@H]5CCCN5C(=O)OC(C)(C)C)n(COCC[Si](C)(C)C)c4cc3F)c(F)cc2n1COCC[Si](C)(C)C. The van der Waals surface area contributed by atoms with Gasteiger partial charge in [0.15, 0.2) is 0 Å². The molecule has 18 heteroatoms. The predicted molar refractivity (Wildman–Crippen MR) is 257 cm³/mol. The Balaban J connectivity index is 1.25. The minimum Gasteiger partial charge on any atom is -0.444 e. The molecule has 2 aliphatic rings.